The molecule has 0 aliphatic carbocycles. The van der Waals surface area contributed by atoms with E-state index < -0.39 is 47.0 Å². The summed E-state index contributed by atoms with van der Waals surface area (Å²) in [6, 6.07) is 4.95. The number of nitrogens with one attached hydrogen (secondary N) is 2. The topological polar surface area (TPSA) is 76.7 Å². The Morgan fingerprint density at radius 1 is 0.968 bits per heavy atom. The minimum absolute atomic E-state index is 0.139. The summed E-state index contributed by atoms with van der Waals surface area (Å²) in [6.07, 6.45) is -4.70. The Morgan fingerprint density at radius 3 is 2.03 bits per heavy atom. The molecule has 0 saturated heterocycles. The van der Waals surface area contributed by atoms with Crippen molar-refractivity contribution in [2.45, 2.75) is 26.1 Å². The predicted octanol–water partition coefficient (Wildman–Crippen LogP) is 4.25. The zero-order valence-electron chi connectivity index (χ0n) is 17.3. The highest BCUT2D eigenvalue weighted by Gasteiger charge is 2.32. The van der Waals surface area contributed by atoms with Crippen LogP contribution < -0.4 is 20.1 Å². The van der Waals surface area contributed by atoms with Crippen LogP contribution in [0, 0.1) is 11.7 Å². The molecular formula is C21H22F4N2O4. The first-order valence-electron chi connectivity index (χ1n) is 9.17. The molecule has 0 aliphatic rings. The molecule has 31 heavy (non-hydrogen) atoms. The number of rotatable bonds is 7. The number of carbonyl (C=O) groups is 2. The molecule has 10 heteroatoms. The minimum atomic E-state index is -4.70. The van der Waals surface area contributed by atoms with Gasteiger partial charge in [-0.2, -0.15) is 13.2 Å². The fraction of sp³-hybridized carbons (Fsp3) is 0.333. The molecule has 0 radical (unpaired) electrons. The van der Waals surface area contributed by atoms with E-state index in [1.165, 1.54) is 26.4 Å². The van der Waals surface area contributed by atoms with Crippen molar-refractivity contribution in [2.75, 3.05) is 19.5 Å². The van der Waals surface area contributed by atoms with E-state index in [2.05, 4.69) is 10.6 Å². The lowest BCUT2D eigenvalue weighted by Gasteiger charge is -2.22. The molecule has 2 aromatic carbocycles. The van der Waals surface area contributed by atoms with Gasteiger partial charge >= 0.3 is 6.18 Å². The number of alkyl halides is 3. The Bertz CT molecular complexity index is 939. The third-order valence-corrected chi connectivity index (χ3v) is 4.40. The Hall–Kier alpha value is -3.30. The van der Waals surface area contributed by atoms with Crippen LogP contribution in [0.3, 0.4) is 0 Å². The zero-order chi connectivity index (χ0) is 23.3. The molecule has 0 fully saturated rings. The number of hydrogen-bond donors (Lipinski definition) is 2. The molecule has 0 bridgehead atoms. The van der Waals surface area contributed by atoms with Crippen molar-refractivity contribution in [3.8, 4) is 11.5 Å². The maximum Gasteiger partial charge on any atom is 0.416 e. The number of amides is 2. The highest BCUT2D eigenvalue weighted by Crippen LogP contribution is 2.32. The van der Waals surface area contributed by atoms with Crippen molar-refractivity contribution in [3.05, 3.63) is 53.3 Å². The van der Waals surface area contributed by atoms with Gasteiger partial charge in [-0.05, 0) is 36.2 Å². The number of anilines is 1. The van der Waals surface area contributed by atoms with Crippen molar-refractivity contribution < 1.29 is 36.6 Å². The molecule has 168 valence electrons. The molecular weight excluding hydrogens is 420 g/mol. The molecule has 1 atom stereocenters. The number of ether oxygens (including phenoxy) is 2. The first-order valence-corrected chi connectivity index (χ1v) is 9.17. The molecule has 2 rings (SSSR count). The SMILES string of the molecule is COc1cc(OC)cc(C(=O)NC(C(=O)Nc2cc(C(F)(F)F)ccc2F)C(C)C)c1. The first-order chi connectivity index (χ1) is 14.5. The van der Waals surface area contributed by atoms with Gasteiger partial charge in [-0.15, -0.1) is 0 Å². The number of hydrogen-bond acceptors (Lipinski definition) is 4. The summed E-state index contributed by atoms with van der Waals surface area (Å²) >= 11 is 0. The summed E-state index contributed by atoms with van der Waals surface area (Å²) in [5, 5.41) is 4.64. The van der Waals surface area contributed by atoms with Gasteiger partial charge in [0.2, 0.25) is 5.91 Å². The lowest BCUT2D eigenvalue weighted by atomic mass is 10.0. The van der Waals surface area contributed by atoms with Crippen molar-refractivity contribution in [2.24, 2.45) is 5.92 Å². The highest BCUT2D eigenvalue weighted by molar-refractivity contribution is 6.01. The van der Waals surface area contributed by atoms with Gasteiger partial charge in [-0.1, -0.05) is 13.8 Å². The van der Waals surface area contributed by atoms with Crippen molar-refractivity contribution in [1.29, 1.82) is 0 Å². The second-order valence-corrected chi connectivity index (χ2v) is 6.98. The van der Waals surface area contributed by atoms with E-state index in [4.69, 9.17) is 9.47 Å². The predicted molar refractivity (Wildman–Crippen MR) is 106 cm³/mol. The van der Waals surface area contributed by atoms with Gasteiger partial charge in [0.25, 0.3) is 5.91 Å². The summed E-state index contributed by atoms with van der Waals surface area (Å²) < 4.78 is 62.9. The number of halogens is 4. The third kappa shape index (κ3) is 6.09. The average molecular weight is 442 g/mol. The fourth-order valence-electron chi connectivity index (χ4n) is 2.71. The third-order valence-electron chi connectivity index (χ3n) is 4.40. The maximum atomic E-state index is 14.0. The van der Waals surface area contributed by atoms with Gasteiger partial charge in [-0.3, -0.25) is 9.59 Å². The van der Waals surface area contributed by atoms with Crippen LogP contribution in [-0.4, -0.2) is 32.1 Å². The van der Waals surface area contributed by atoms with Crippen LogP contribution in [0.5, 0.6) is 11.5 Å². The second kappa shape index (κ2) is 9.67. The van der Waals surface area contributed by atoms with E-state index in [-0.39, 0.29) is 5.56 Å². The normalized spacial score (nSPS) is 12.3. The van der Waals surface area contributed by atoms with Crippen LogP contribution in [0.1, 0.15) is 29.8 Å². The molecule has 1 unspecified atom stereocenters. The molecule has 0 heterocycles. The quantitative estimate of drug-likeness (QED) is 0.629. The highest BCUT2D eigenvalue weighted by atomic mass is 19.4. The average Bonchev–Trinajstić information content (AvgIpc) is 2.71. The van der Waals surface area contributed by atoms with Gasteiger partial charge in [0.1, 0.15) is 23.4 Å². The van der Waals surface area contributed by atoms with Crippen LogP contribution in [0.2, 0.25) is 0 Å². The van der Waals surface area contributed by atoms with Gasteiger partial charge < -0.3 is 20.1 Å². The molecule has 6 nitrogen and oxygen atoms in total. The molecule has 0 aliphatic heterocycles. The summed E-state index contributed by atoms with van der Waals surface area (Å²) in [7, 11) is 2.81. The van der Waals surface area contributed by atoms with Crippen molar-refractivity contribution in [1.82, 2.24) is 5.32 Å². The van der Waals surface area contributed by atoms with E-state index in [0.717, 1.165) is 0 Å². The summed E-state index contributed by atoms with van der Waals surface area (Å²) in [4.78, 5) is 25.3. The van der Waals surface area contributed by atoms with Crippen molar-refractivity contribution in [3.63, 3.8) is 0 Å². The monoisotopic (exact) mass is 442 g/mol. The Balaban J connectivity index is 2.25. The molecule has 2 amide bonds. The zero-order valence-corrected chi connectivity index (χ0v) is 17.3. The second-order valence-electron chi connectivity index (χ2n) is 6.98. The molecule has 0 spiro atoms. The minimum Gasteiger partial charge on any atom is -0.497 e. The van der Waals surface area contributed by atoms with Gasteiger partial charge in [0.15, 0.2) is 0 Å². The van der Waals surface area contributed by atoms with E-state index in [0.29, 0.717) is 29.7 Å². The smallest absolute Gasteiger partial charge is 0.416 e. The van der Waals surface area contributed by atoms with E-state index in [1.807, 2.05) is 0 Å². The van der Waals surface area contributed by atoms with Crippen LogP contribution >= 0.6 is 0 Å². The van der Waals surface area contributed by atoms with Crippen LogP contribution in [0.15, 0.2) is 36.4 Å². The van der Waals surface area contributed by atoms with Crippen LogP contribution in [0.25, 0.3) is 0 Å². The maximum absolute atomic E-state index is 14.0. The lowest BCUT2D eigenvalue weighted by molar-refractivity contribution is -0.137. The Morgan fingerprint density at radius 2 is 1.55 bits per heavy atom. The van der Waals surface area contributed by atoms with Crippen molar-refractivity contribution >= 4 is 17.5 Å². The van der Waals surface area contributed by atoms with Gasteiger partial charge in [0.05, 0.1) is 25.5 Å². The largest absolute Gasteiger partial charge is 0.497 e. The molecule has 2 aromatic rings. The first kappa shape index (κ1) is 24.0. The van der Waals surface area contributed by atoms with Gasteiger partial charge in [0, 0.05) is 11.6 Å². The molecule has 0 aromatic heterocycles. The standard InChI is InChI=1S/C21H22F4N2O4/c1-11(2)18(27-19(28)12-7-14(30-3)10-15(8-12)31-4)20(29)26-17-9-13(21(23,24)25)5-6-16(17)22/h5-11,18H,1-4H3,(H,26,29)(H,27,28). The van der Waals surface area contributed by atoms with Gasteiger partial charge in [-0.25, -0.2) is 4.39 Å². The lowest BCUT2D eigenvalue weighted by Crippen LogP contribution is -2.47. The number of carbonyl (C=O) groups excluding carboxylic acids is 2. The fourth-order valence-corrected chi connectivity index (χ4v) is 2.71. The summed E-state index contributed by atoms with van der Waals surface area (Å²) in [6.45, 7) is 3.25. The Labute approximate surface area is 176 Å². The van der Waals surface area contributed by atoms with E-state index in [9.17, 15) is 27.2 Å². The molecule has 2 N–H and O–H groups in total. The summed E-state index contributed by atoms with van der Waals surface area (Å²) in [5.74, 6) is -2.30. The number of benzene rings is 2. The Kier molecular flexibility index (Phi) is 7.48. The number of methoxy groups -OCH3 is 2. The van der Waals surface area contributed by atoms with E-state index >= 15 is 0 Å². The molecule has 0 saturated carbocycles. The van der Waals surface area contributed by atoms with Crippen LogP contribution in [-0.2, 0) is 11.0 Å². The van der Waals surface area contributed by atoms with Crippen LogP contribution in [0.4, 0.5) is 23.2 Å². The van der Waals surface area contributed by atoms with E-state index in [1.54, 1.807) is 19.9 Å². The summed E-state index contributed by atoms with van der Waals surface area (Å²) in [5.41, 5.74) is -1.61.